The van der Waals surface area contributed by atoms with Crippen LogP contribution in [0.15, 0.2) is 41.0 Å². The minimum absolute atomic E-state index is 0.0206. The monoisotopic (exact) mass is 390 g/mol. The molecule has 1 aliphatic rings. The number of hydrogen-bond donors (Lipinski definition) is 3. The van der Waals surface area contributed by atoms with E-state index in [0.29, 0.717) is 31.7 Å². The fourth-order valence-electron chi connectivity index (χ4n) is 3.38. The Morgan fingerprint density at radius 1 is 1.34 bits per heavy atom. The first kappa shape index (κ1) is 18.9. The van der Waals surface area contributed by atoms with Crippen molar-refractivity contribution >= 4 is 34.7 Å². The van der Waals surface area contributed by atoms with Crippen molar-refractivity contribution in [2.45, 2.75) is 32.9 Å². The van der Waals surface area contributed by atoms with Crippen LogP contribution in [0.3, 0.4) is 0 Å². The van der Waals surface area contributed by atoms with Crippen molar-refractivity contribution in [2.24, 2.45) is 5.73 Å². The van der Waals surface area contributed by atoms with Gasteiger partial charge in [-0.25, -0.2) is 4.98 Å². The topological polar surface area (TPSA) is 110 Å². The highest BCUT2D eigenvalue weighted by Crippen LogP contribution is 2.26. The predicted molar refractivity (Wildman–Crippen MR) is 111 cm³/mol. The molecular formula is C22H22N4O3. The van der Waals surface area contributed by atoms with E-state index in [0.717, 1.165) is 39.0 Å². The molecule has 0 unspecified atom stereocenters. The summed E-state index contributed by atoms with van der Waals surface area (Å²) in [5.41, 5.74) is 10.3. The summed E-state index contributed by atoms with van der Waals surface area (Å²) in [6.45, 7) is 2.75. The van der Waals surface area contributed by atoms with Gasteiger partial charge in [0.05, 0.1) is 6.54 Å². The Labute approximate surface area is 168 Å². The Kier molecular flexibility index (Phi) is 5.14. The Morgan fingerprint density at radius 3 is 3.03 bits per heavy atom. The smallest absolute Gasteiger partial charge is 0.244 e. The molecule has 148 valence electrons. The SMILES string of the molecule is Cc1c(CNC(=O)/C=C/c2cnc3c(c2)CCC(=O)N3)oc2ccc(CN)cc12. The average Bonchev–Trinajstić information content (AvgIpc) is 3.05. The molecule has 29 heavy (non-hydrogen) atoms. The molecule has 3 heterocycles. The summed E-state index contributed by atoms with van der Waals surface area (Å²) in [6.07, 6.45) is 5.91. The highest BCUT2D eigenvalue weighted by Gasteiger charge is 2.15. The standard InChI is InChI=1S/C22H22N4O3/c1-13-17-9-14(10-23)2-5-18(17)29-19(13)12-24-20(27)6-3-15-8-16-4-7-21(28)26-22(16)25-11-15/h2-3,5-6,8-9,11H,4,7,10,12,23H2,1H3,(H,24,27)(H,25,26,28)/b6-3+. The zero-order chi connectivity index (χ0) is 20.4. The molecule has 7 nitrogen and oxygen atoms in total. The summed E-state index contributed by atoms with van der Waals surface area (Å²) in [6, 6.07) is 7.80. The van der Waals surface area contributed by atoms with Crippen molar-refractivity contribution in [3.8, 4) is 0 Å². The van der Waals surface area contributed by atoms with Gasteiger partial charge in [-0.2, -0.15) is 0 Å². The van der Waals surface area contributed by atoms with E-state index in [4.69, 9.17) is 10.2 Å². The molecule has 0 aliphatic carbocycles. The highest BCUT2D eigenvalue weighted by molar-refractivity contribution is 5.94. The van der Waals surface area contributed by atoms with Crippen molar-refractivity contribution < 1.29 is 14.0 Å². The van der Waals surface area contributed by atoms with Gasteiger partial charge in [-0.1, -0.05) is 6.07 Å². The van der Waals surface area contributed by atoms with Gasteiger partial charge in [0, 0.05) is 36.2 Å². The van der Waals surface area contributed by atoms with Crippen LogP contribution in [0.1, 0.15) is 34.4 Å². The van der Waals surface area contributed by atoms with Crippen molar-refractivity contribution in [2.75, 3.05) is 5.32 Å². The summed E-state index contributed by atoms with van der Waals surface area (Å²) in [4.78, 5) is 27.9. The largest absolute Gasteiger partial charge is 0.459 e. The number of anilines is 1. The fraction of sp³-hybridized carbons (Fsp3) is 0.227. The van der Waals surface area contributed by atoms with E-state index < -0.39 is 0 Å². The minimum Gasteiger partial charge on any atom is -0.459 e. The van der Waals surface area contributed by atoms with E-state index in [2.05, 4.69) is 15.6 Å². The molecule has 0 fully saturated rings. The number of nitrogens with one attached hydrogen (secondary N) is 2. The molecule has 0 spiro atoms. The van der Waals surface area contributed by atoms with Gasteiger partial charge in [0.15, 0.2) is 0 Å². The number of aromatic nitrogens is 1. The molecule has 0 atom stereocenters. The van der Waals surface area contributed by atoms with E-state index in [9.17, 15) is 9.59 Å². The first-order valence-corrected chi connectivity index (χ1v) is 9.49. The number of hydrogen-bond acceptors (Lipinski definition) is 5. The predicted octanol–water partition coefficient (Wildman–Crippen LogP) is 2.81. The van der Waals surface area contributed by atoms with Crippen LogP contribution in [0.5, 0.6) is 0 Å². The molecular weight excluding hydrogens is 368 g/mol. The summed E-state index contributed by atoms with van der Waals surface area (Å²) in [5, 5.41) is 6.60. The van der Waals surface area contributed by atoms with Gasteiger partial charge in [0.25, 0.3) is 0 Å². The lowest BCUT2D eigenvalue weighted by Gasteiger charge is -2.15. The average molecular weight is 390 g/mol. The molecule has 0 bridgehead atoms. The quantitative estimate of drug-likeness (QED) is 0.580. The molecule has 4 rings (SSSR count). The van der Waals surface area contributed by atoms with E-state index in [1.165, 1.54) is 6.08 Å². The molecule has 4 N–H and O–H groups in total. The summed E-state index contributed by atoms with van der Waals surface area (Å²) < 4.78 is 5.86. The van der Waals surface area contributed by atoms with E-state index in [1.54, 1.807) is 12.3 Å². The summed E-state index contributed by atoms with van der Waals surface area (Å²) in [5.74, 6) is 1.08. The van der Waals surface area contributed by atoms with Crippen LogP contribution in [-0.2, 0) is 29.1 Å². The van der Waals surface area contributed by atoms with Crippen LogP contribution < -0.4 is 16.4 Å². The second kappa shape index (κ2) is 7.89. The second-order valence-electron chi connectivity index (χ2n) is 7.06. The third-order valence-electron chi connectivity index (χ3n) is 5.05. The molecule has 2 aromatic heterocycles. The van der Waals surface area contributed by atoms with Crippen molar-refractivity contribution in [1.82, 2.24) is 10.3 Å². The first-order chi connectivity index (χ1) is 14.0. The zero-order valence-corrected chi connectivity index (χ0v) is 16.1. The minimum atomic E-state index is -0.224. The van der Waals surface area contributed by atoms with Gasteiger partial charge in [-0.05, 0) is 54.3 Å². The fourth-order valence-corrected chi connectivity index (χ4v) is 3.38. The van der Waals surface area contributed by atoms with Crippen LogP contribution in [-0.4, -0.2) is 16.8 Å². The van der Waals surface area contributed by atoms with Gasteiger partial charge in [-0.15, -0.1) is 0 Å². The third-order valence-corrected chi connectivity index (χ3v) is 5.05. The second-order valence-corrected chi connectivity index (χ2v) is 7.06. The molecule has 0 saturated carbocycles. The van der Waals surface area contributed by atoms with E-state index in [-0.39, 0.29) is 11.8 Å². The van der Waals surface area contributed by atoms with Crippen LogP contribution in [0, 0.1) is 6.92 Å². The number of carbonyl (C=O) groups is 2. The Hall–Kier alpha value is -3.45. The van der Waals surface area contributed by atoms with Gasteiger partial charge < -0.3 is 20.8 Å². The van der Waals surface area contributed by atoms with Crippen LogP contribution in [0.4, 0.5) is 5.82 Å². The lowest BCUT2D eigenvalue weighted by molar-refractivity contribution is -0.117. The molecule has 1 aromatic carbocycles. The van der Waals surface area contributed by atoms with Crippen LogP contribution in [0.2, 0.25) is 0 Å². The number of fused-ring (bicyclic) bond motifs is 2. The number of nitrogens with zero attached hydrogens (tertiary/aromatic N) is 1. The van der Waals surface area contributed by atoms with Gasteiger partial charge >= 0.3 is 0 Å². The number of benzene rings is 1. The maximum Gasteiger partial charge on any atom is 0.244 e. The summed E-state index contributed by atoms with van der Waals surface area (Å²) >= 11 is 0. The maximum absolute atomic E-state index is 12.2. The van der Waals surface area contributed by atoms with Crippen LogP contribution >= 0.6 is 0 Å². The normalized spacial score (nSPS) is 13.5. The molecule has 0 saturated heterocycles. The van der Waals surface area contributed by atoms with E-state index in [1.807, 2.05) is 31.2 Å². The number of nitrogens with two attached hydrogens (primary N) is 1. The highest BCUT2D eigenvalue weighted by atomic mass is 16.3. The molecule has 2 amide bonds. The Morgan fingerprint density at radius 2 is 2.21 bits per heavy atom. The molecule has 7 heteroatoms. The van der Waals surface area contributed by atoms with Gasteiger partial charge in [0.1, 0.15) is 17.2 Å². The number of furan rings is 1. The molecule has 1 aliphatic heterocycles. The first-order valence-electron chi connectivity index (χ1n) is 9.49. The number of aryl methyl sites for hydroxylation is 2. The van der Waals surface area contributed by atoms with Gasteiger partial charge in [-0.3, -0.25) is 9.59 Å². The lowest BCUT2D eigenvalue weighted by atomic mass is 10.0. The number of carbonyl (C=O) groups excluding carboxylic acids is 2. The van der Waals surface area contributed by atoms with Crippen LogP contribution in [0.25, 0.3) is 17.0 Å². The number of amides is 2. The van der Waals surface area contributed by atoms with Crippen molar-refractivity contribution in [3.63, 3.8) is 0 Å². The van der Waals surface area contributed by atoms with E-state index >= 15 is 0 Å². The Balaban J connectivity index is 1.41. The van der Waals surface area contributed by atoms with Gasteiger partial charge in [0.2, 0.25) is 11.8 Å². The maximum atomic E-state index is 12.2. The van der Waals surface area contributed by atoms with Crippen molar-refractivity contribution in [1.29, 1.82) is 0 Å². The van der Waals surface area contributed by atoms with Crippen molar-refractivity contribution in [3.05, 3.63) is 64.6 Å². The third kappa shape index (κ3) is 4.05. The molecule has 3 aromatic rings. The Bertz CT molecular complexity index is 1130. The number of pyridine rings is 1. The zero-order valence-electron chi connectivity index (χ0n) is 16.1. The molecule has 0 radical (unpaired) electrons. The summed E-state index contributed by atoms with van der Waals surface area (Å²) in [7, 11) is 0. The number of rotatable bonds is 5. The lowest BCUT2D eigenvalue weighted by Crippen LogP contribution is -2.20.